The van der Waals surface area contributed by atoms with Crippen LogP contribution in [0.5, 0.6) is 11.5 Å². The van der Waals surface area contributed by atoms with Crippen molar-refractivity contribution in [2.75, 3.05) is 6.79 Å². The molecule has 1 unspecified atom stereocenters. The first-order chi connectivity index (χ1) is 8.69. The highest BCUT2D eigenvalue weighted by Crippen LogP contribution is 2.32. The fourth-order valence-electron chi connectivity index (χ4n) is 1.58. The SMILES string of the molecule is CCC(C)NC(=O)C=Cc1ccc2c(c1)OCO2. The van der Waals surface area contributed by atoms with Gasteiger partial charge in [-0.25, -0.2) is 0 Å². The topological polar surface area (TPSA) is 47.6 Å². The highest BCUT2D eigenvalue weighted by atomic mass is 16.7. The Bertz CT molecular complexity index is 468. The van der Waals surface area contributed by atoms with E-state index in [1.54, 1.807) is 6.08 Å². The minimum atomic E-state index is -0.0815. The highest BCUT2D eigenvalue weighted by Gasteiger charge is 2.12. The molecule has 0 radical (unpaired) electrons. The number of hydrogen-bond acceptors (Lipinski definition) is 3. The van der Waals surface area contributed by atoms with Gasteiger partial charge in [0.15, 0.2) is 11.5 Å². The summed E-state index contributed by atoms with van der Waals surface area (Å²) in [5.41, 5.74) is 0.915. The maximum atomic E-state index is 11.6. The van der Waals surface area contributed by atoms with E-state index in [1.807, 2.05) is 32.0 Å². The lowest BCUT2D eigenvalue weighted by molar-refractivity contribution is -0.117. The lowest BCUT2D eigenvalue weighted by atomic mass is 10.2. The molecule has 0 fully saturated rings. The molecule has 1 aliphatic heterocycles. The molecular weight excluding hydrogens is 230 g/mol. The molecule has 1 N–H and O–H groups in total. The second-order valence-corrected chi connectivity index (χ2v) is 4.26. The van der Waals surface area contributed by atoms with Gasteiger partial charge in [0.05, 0.1) is 0 Å². The summed E-state index contributed by atoms with van der Waals surface area (Å²) in [5, 5.41) is 2.87. The van der Waals surface area contributed by atoms with Gasteiger partial charge in [-0.2, -0.15) is 0 Å². The molecule has 0 spiro atoms. The summed E-state index contributed by atoms with van der Waals surface area (Å²) < 4.78 is 10.5. The van der Waals surface area contributed by atoms with Crippen LogP contribution < -0.4 is 14.8 Å². The molecular formula is C14H17NO3. The second-order valence-electron chi connectivity index (χ2n) is 4.26. The van der Waals surface area contributed by atoms with E-state index in [2.05, 4.69) is 5.32 Å². The largest absolute Gasteiger partial charge is 0.454 e. The van der Waals surface area contributed by atoms with E-state index in [0.717, 1.165) is 23.5 Å². The van der Waals surface area contributed by atoms with E-state index in [-0.39, 0.29) is 18.7 Å². The molecule has 0 aromatic heterocycles. The summed E-state index contributed by atoms with van der Waals surface area (Å²) in [6.07, 6.45) is 4.22. The van der Waals surface area contributed by atoms with Crippen LogP contribution in [-0.2, 0) is 4.79 Å². The zero-order valence-corrected chi connectivity index (χ0v) is 10.6. The molecule has 1 atom stereocenters. The van der Waals surface area contributed by atoms with E-state index >= 15 is 0 Å². The quantitative estimate of drug-likeness (QED) is 0.831. The predicted molar refractivity (Wildman–Crippen MR) is 69.5 cm³/mol. The number of ether oxygens (including phenoxy) is 2. The van der Waals surface area contributed by atoms with Gasteiger partial charge >= 0.3 is 0 Å². The number of amides is 1. The van der Waals surface area contributed by atoms with Crippen LogP contribution in [0.4, 0.5) is 0 Å². The van der Waals surface area contributed by atoms with Crippen LogP contribution >= 0.6 is 0 Å². The smallest absolute Gasteiger partial charge is 0.244 e. The fraction of sp³-hybridized carbons (Fsp3) is 0.357. The third-order valence-corrected chi connectivity index (χ3v) is 2.82. The van der Waals surface area contributed by atoms with E-state index < -0.39 is 0 Å². The van der Waals surface area contributed by atoms with Gasteiger partial charge in [-0.1, -0.05) is 13.0 Å². The highest BCUT2D eigenvalue weighted by molar-refractivity contribution is 5.91. The Morgan fingerprint density at radius 2 is 2.22 bits per heavy atom. The van der Waals surface area contributed by atoms with Crippen LogP contribution in [0, 0.1) is 0 Å². The van der Waals surface area contributed by atoms with Gasteiger partial charge in [0.25, 0.3) is 0 Å². The lowest BCUT2D eigenvalue weighted by Gasteiger charge is -2.08. The van der Waals surface area contributed by atoms with Crippen LogP contribution in [0.25, 0.3) is 6.08 Å². The van der Waals surface area contributed by atoms with Crippen LogP contribution in [0.15, 0.2) is 24.3 Å². The molecule has 0 saturated heterocycles. The van der Waals surface area contributed by atoms with Crippen LogP contribution in [0.1, 0.15) is 25.8 Å². The van der Waals surface area contributed by atoms with E-state index in [4.69, 9.17) is 9.47 Å². The summed E-state index contributed by atoms with van der Waals surface area (Å²) in [4.78, 5) is 11.6. The van der Waals surface area contributed by atoms with Crippen molar-refractivity contribution < 1.29 is 14.3 Å². The molecule has 4 heteroatoms. The zero-order valence-electron chi connectivity index (χ0n) is 10.6. The average molecular weight is 247 g/mol. The second kappa shape index (κ2) is 5.58. The first-order valence-corrected chi connectivity index (χ1v) is 6.07. The molecule has 0 aliphatic carbocycles. The van der Waals surface area contributed by atoms with Crippen LogP contribution in [0.3, 0.4) is 0 Å². The minimum Gasteiger partial charge on any atom is -0.454 e. The summed E-state index contributed by atoms with van der Waals surface area (Å²) >= 11 is 0. The van der Waals surface area contributed by atoms with E-state index in [0.29, 0.717) is 0 Å². The van der Waals surface area contributed by atoms with Gasteiger partial charge < -0.3 is 14.8 Å². The Balaban J connectivity index is 1.98. The molecule has 1 aromatic carbocycles. The number of fused-ring (bicyclic) bond motifs is 1. The number of nitrogens with one attached hydrogen (secondary N) is 1. The summed E-state index contributed by atoms with van der Waals surface area (Å²) in [6.45, 7) is 4.27. The van der Waals surface area contributed by atoms with Gasteiger partial charge in [-0.3, -0.25) is 4.79 Å². The molecule has 4 nitrogen and oxygen atoms in total. The average Bonchev–Trinajstić information content (AvgIpc) is 2.83. The monoisotopic (exact) mass is 247 g/mol. The third-order valence-electron chi connectivity index (χ3n) is 2.82. The Morgan fingerprint density at radius 3 is 3.00 bits per heavy atom. The molecule has 18 heavy (non-hydrogen) atoms. The van der Waals surface area contributed by atoms with Crippen LogP contribution in [0.2, 0.25) is 0 Å². The standard InChI is InChI=1S/C14H17NO3/c1-3-10(2)15-14(16)7-5-11-4-6-12-13(8-11)18-9-17-12/h4-8,10H,3,9H2,1-2H3,(H,15,16). The number of carbonyl (C=O) groups excluding carboxylic acids is 1. The Morgan fingerprint density at radius 1 is 1.44 bits per heavy atom. The van der Waals surface area contributed by atoms with Crippen molar-refractivity contribution in [3.8, 4) is 11.5 Å². The van der Waals surface area contributed by atoms with Crippen molar-refractivity contribution in [1.82, 2.24) is 5.32 Å². The predicted octanol–water partition coefficient (Wildman–Crippen LogP) is 2.34. The zero-order chi connectivity index (χ0) is 13.0. The molecule has 96 valence electrons. The van der Waals surface area contributed by atoms with Crippen molar-refractivity contribution in [3.05, 3.63) is 29.8 Å². The molecule has 1 amide bonds. The number of rotatable bonds is 4. The molecule has 0 bridgehead atoms. The maximum Gasteiger partial charge on any atom is 0.244 e. The van der Waals surface area contributed by atoms with Gasteiger partial charge in [0, 0.05) is 12.1 Å². The summed E-state index contributed by atoms with van der Waals surface area (Å²) in [5.74, 6) is 1.39. The maximum absolute atomic E-state index is 11.6. The lowest BCUT2D eigenvalue weighted by Crippen LogP contribution is -2.30. The third kappa shape index (κ3) is 3.03. The molecule has 1 aliphatic rings. The molecule has 1 heterocycles. The molecule has 1 aromatic rings. The summed E-state index contributed by atoms with van der Waals surface area (Å²) in [7, 11) is 0. The van der Waals surface area contributed by atoms with Crippen molar-refractivity contribution >= 4 is 12.0 Å². The van der Waals surface area contributed by atoms with Gasteiger partial charge in [-0.15, -0.1) is 0 Å². The number of hydrogen-bond donors (Lipinski definition) is 1. The Kier molecular flexibility index (Phi) is 3.87. The summed E-state index contributed by atoms with van der Waals surface area (Å²) in [6, 6.07) is 5.78. The van der Waals surface area contributed by atoms with Crippen LogP contribution in [-0.4, -0.2) is 18.7 Å². The van der Waals surface area contributed by atoms with Crippen molar-refractivity contribution in [2.24, 2.45) is 0 Å². The first kappa shape index (κ1) is 12.5. The van der Waals surface area contributed by atoms with Gasteiger partial charge in [-0.05, 0) is 37.1 Å². The number of carbonyl (C=O) groups is 1. The Hall–Kier alpha value is -1.97. The Labute approximate surface area is 107 Å². The van der Waals surface area contributed by atoms with Gasteiger partial charge in [0.1, 0.15) is 0 Å². The number of benzene rings is 1. The minimum absolute atomic E-state index is 0.0815. The molecule has 2 rings (SSSR count). The van der Waals surface area contributed by atoms with Crippen molar-refractivity contribution in [3.63, 3.8) is 0 Å². The van der Waals surface area contributed by atoms with Crippen molar-refractivity contribution in [1.29, 1.82) is 0 Å². The molecule has 0 saturated carbocycles. The van der Waals surface area contributed by atoms with E-state index in [9.17, 15) is 4.79 Å². The van der Waals surface area contributed by atoms with E-state index in [1.165, 1.54) is 6.08 Å². The fourth-order valence-corrected chi connectivity index (χ4v) is 1.58. The first-order valence-electron chi connectivity index (χ1n) is 6.07. The normalized spacial score (nSPS) is 14.8. The van der Waals surface area contributed by atoms with Crippen molar-refractivity contribution in [2.45, 2.75) is 26.3 Å². The van der Waals surface area contributed by atoms with Gasteiger partial charge in [0.2, 0.25) is 12.7 Å².